The van der Waals surface area contributed by atoms with Crippen LogP contribution in [0.2, 0.25) is 0 Å². The van der Waals surface area contributed by atoms with Crippen molar-refractivity contribution in [2.45, 2.75) is 57.4 Å². The number of hydrogen-bond donors (Lipinski definition) is 1. The Kier molecular flexibility index (Phi) is 5.28. The quantitative estimate of drug-likeness (QED) is 0.924. The Morgan fingerprint density at radius 1 is 1.05 bits per heavy atom. The molecule has 0 aliphatic carbocycles. The van der Waals surface area contributed by atoms with Crippen LogP contribution in [-0.2, 0) is 14.6 Å². The lowest BCUT2D eigenvalue weighted by Crippen LogP contribution is -2.50. The van der Waals surface area contributed by atoms with Gasteiger partial charge in [0.15, 0.2) is 9.84 Å². The number of sulfone groups is 1. The molecule has 0 bridgehead atoms. The van der Waals surface area contributed by atoms with Crippen molar-refractivity contribution in [3.8, 4) is 0 Å². The number of nitrogens with one attached hydrogen (secondary N) is 1. The Balaban J connectivity index is 3.13. The van der Waals surface area contributed by atoms with E-state index in [-0.39, 0.29) is 4.90 Å². The maximum atomic E-state index is 12.8. The van der Waals surface area contributed by atoms with Crippen molar-refractivity contribution in [2.24, 2.45) is 5.41 Å². The van der Waals surface area contributed by atoms with Crippen molar-refractivity contribution >= 4 is 15.9 Å². The molecule has 1 rings (SSSR count). The van der Waals surface area contributed by atoms with Gasteiger partial charge in [0.25, 0.3) is 0 Å². The smallest absolute Gasteiger partial charge is 0.408 e. The van der Waals surface area contributed by atoms with Crippen molar-refractivity contribution < 1.29 is 17.9 Å². The van der Waals surface area contributed by atoms with Crippen LogP contribution in [-0.4, -0.2) is 25.5 Å². The summed E-state index contributed by atoms with van der Waals surface area (Å²) in [6.07, 6.45) is -0.744. The van der Waals surface area contributed by atoms with Gasteiger partial charge in [0.05, 0.1) is 4.90 Å². The van der Waals surface area contributed by atoms with Crippen molar-refractivity contribution in [1.82, 2.24) is 5.32 Å². The number of ether oxygens (including phenoxy) is 1. The van der Waals surface area contributed by atoms with E-state index >= 15 is 0 Å². The van der Waals surface area contributed by atoms with Crippen molar-refractivity contribution in [3.05, 3.63) is 30.3 Å². The second kappa shape index (κ2) is 6.28. The third-order valence-corrected chi connectivity index (χ3v) is 5.19. The van der Waals surface area contributed by atoms with Crippen LogP contribution in [0.4, 0.5) is 4.79 Å². The van der Waals surface area contributed by atoms with Gasteiger partial charge in [-0.2, -0.15) is 0 Å². The molecule has 1 aromatic carbocycles. The van der Waals surface area contributed by atoms with Crippen molar-refractivity contribution in [1.29, 1.82) is 0 Å². The molecule has 0 radical (unpaired) electrons. The molecule has 0 saturated heterocycles. The number of carbonyl (C=O) groups excluding carboxylic acids is 1. The summed E-state index contributed by atoms with van der Waals surface area (Å²) >= 11 is 0. The van der Waals surface area contributed by atoms with Gasteiger partial charge in [0.2, 0.25) is 0 Å². The maximum Gasteiger partial charge on any atom is 0.408 e. The monoisotopic (exact) mass is 327 g/mol. The van der Waals surface area contributed by atoms with Gasteiger partial charge in [-0.1, -0.05) is 39.0 Å². The van der Waals surface area contributed by atoms with E-state index in [0.717, 1.165) is 0 Å². The zero-order valence-corrected chi connectivity index (χ0v) is 14.8. The molecule has 1 aromatic rings. The summed E-state index contributed by atoms with van der Waals surface area (Å²) in [6, 6.07) is 8.09. The summed E-state index contributed by atoms with van der Waals surface area (Å²) in [5.41, 5.74) is -1.38. The topological polar surface area (TPSA) is 72.5 Å². The van der Waals surface area contributed by atoms with Crippen molar-refractivity contribution in [3.63, 3.8) is 0 Å². The number of carbonyl (C=O) groups is 1. The van der Waals surface area contributed by atoms with Crippen molar-refractivity contribution in [2.75, 3.05) is 0 Å². The second-order valence-corrected chi connectivity index (χ2v) is 9.28. The fourth-order valence-corrected chi connectivity index (χ4v) is 3.91. The van der Waals surface area contributed by atoms with E-state index in [1.165, 1.54) is 12.1 Å². The predicted molar refractivity (Wildman–Crippen MR) is 86.2 cm³/mol. The molecule has 1 N–H and O–H groups in total. The largest absolute Gasteiger partial charge is 0.444 e. The lowest BCUT2D eigenvalue weighted by molar-refractivity contribution is 0.0494. The molecule has 22 heavy (non-hydrogen) atoms. The highest BCUT2D eigenvalue weighted by Crippen LogP contribution is 2.28. The van der Waals surface area contributed by atoms with Gasteiger partial charge in [-0.25, -0.2) is 13.2 Å². The lowest BCUT2D eigenvalue weighted by atomic mass is 9.96. The van der Waals surface area contributed by atoms with Crippen LogP contribution in [0.15, 0.2) is 35.2 Å². The molecular formula is C16H25NO4S. The molecule has 6 heteroatoms. The Bertz CT molecular complexity index is 610. The predicted octanol–water partition coefficient (Wildman–Crippen LogP) is 3.36. The van der Waals surface area contributed by atoms with E-state index < -0.39 is 32.3 Å². The highest BCUT2D eigenvalue weighted by Gasteiger charge is 2.39. The molecule has 124 valence electrons. The van der Waals surface area contributed by atoms with Crippen LogP contribution < -0.4 is 5.32 Å². The number of amides is 1. The molecule has 1 atom stereocenters. The molecule has 1 amide bonds. The van der Waals surface area contributed by atoms with Gasteiger partial charge in [0.1, 0.15) is 11.0 Å². The highest BCUT2D eigenvalue weighted by molar-refractivity contribution is 7.92. The zero-order chi connectivity index (χ0) is 17.2. The molecule has 0 aliphatic heterocycles. The third kappa shape index (κ3) is 5.02. The van der Waals surface area contributed by atoms with E-state index in [4.69, 9.17) is 4.74 Å². The van der Waals surface area contributed by atoms with Crippen LogP contribution in [0, 0.1) is 5.41 Å². The van der Waals surface area contributed by atoms with E-state index in [0.29, 0.717) is 0 Å². The zero-order valence-electron chi connectivity index (χ0n) is 14.0. The first kappa shape index (κ1) is 18.5. The second-order valence-electron chi connectivity index (χ2n) is 7.25. The van der Waals surface area contributed by atoms with E-state index in [1.54, 1.807) is 59.7 Å². The highest BCUT2D eigenvalue weighted by atomic mass is 32.2. The molecule has 0 aromatic heterocycles. The van der Waals surface area contributed by atoms with Gasteiger partial charge in [-0.15, -0.1) is 0 Å². The Morgan fingerprint density at radius 2 is 1.55 bits per heavy atom. The summed E-state index contributed by atoms with van der Waals surface area (Å²) in [4.78, 5) is 12.2. The Labute approximate surface area is 133 Å². The minimum Gasteiger partial charge on any atom is -0.444 e. The number of hydrogen-bond acceptors (Lipinski definition) is 4. The van der Waals surface area contributed by atoms with Gasteiger partial charge in [-0.05, 0) is 38.3 Å². The fourth-order valence-electron chi connectivity index (χ4n) is 1.92. The van der Waals surface area contributed by atoms with Crippen LogP contribution >= 0.6 is 0 Å². The van der Waals surface area contributed by atoms with Gasteiger partial charge >= 0.3 is 6.09 Å². The lowest BCUT2D eigenvalue weighted by Gasteiger charge is -2.32. The first-order valence-electron chi connectivity index (χ1n) is 7.12. The first-order valence-corrected chi connectivity index (χ1v) is 8.67. The summed E-state index contributed by atoms with van der Waals surface area (Å²) in [5.74, 6) is 0. The minimum atomic E-state index is -3.72. The normalized spacial score (nSPS) is 14.3. The first-order chi connectivity index (χ1) is 9.84. The average Bonchev–Trinajstić information content (AvgIpc) is 2.33. The molecule has 0 heterocycles. The SMILES string of the molecule is CC(C)(C)OC(=O)NC(C(C)(C)C)S(=O)(=O)c1ccccc1. The van der Waals surface area contributed by atoms with Crippen LogP contribution in [0.1, 0.15) is 41.5 Å². The van der Waals surface area contributed by atoms with E-state index in [2.05, 4.69) is 5.32 Å². The van der Waals surface area contributed by atoms with E-state index in [9.17, 15) is 13.2 Å². The van der Waals surface area contributed by atoms with Crippen LogP contribution in [0.25, 0.3) is 0 Å². The van der Waals surface area contributed by atoms with Gasteiger partial charge < -0.3 is 10.1 Å². The molecule has 0 aliphatic rings. The number of rotatable bonds is 3. The molecule has 0 fully saturated rings. The van der Waals surface area contributed by atoms with Crippen LogP contribution in [0.3, 0.4) is 0 Å². The maximum absolute atomic E-state index is 12.8. The fraction of sp³-hybridized carbons (Fsp3) is 0.562. The molecule has 0 spiro atoms. The summed E-state index contributed by atoms with van der Waals surface area (Å²) < 4.78 is 30.8. The summed E-state index contributed by atoms with van der Waals surface area (Å²) in [7, 11) is -3.72. The summed E-state index contributed by atoms with van der Waals surface area (Å²) in [6.45, 7) is 10.5. The molecule has 5 nitrogen and oxygen atoms in total. The van der Waals surface area contributed by atoms with Gasteiger partial charge in [0, 0.05) is 0 Å². The van der Waals surface area contributed by atoms with Crippen LogP contribution in [0.5, 0.6) is 0 Å². The molecular weight excluding hydrogens is 302 g/mol. The van der Waals surface area contributed by atoms with E-state index in [1.807, 2.05) is 0 Å². The average molecular weight is 327 g/mol. The number of benzene rings is 1. The summed E-state index contributed by atoms with van der Waals surface area (Å²) in [5, 5.41) is 1.42. The third-order valence-electron chi connectivity index (χ3n) is 2.82. The number of alkyl carbamates (subject to hydrolysis) is 1. The Hall–Kier alpha value is -1.56. The molecule has 0 saturated carbocycles. The molecule has 1 unspecified atom stereocenters. The van der Waals surface area contributed by atoms with Gasteiger partial charge in [-0.3, -0.25) is 0 Å². The Morgan fingerprint density at radius 3 is 1.95 bits per heavy atom. The standard InChI is InChI=1S/C16H25NO4S/c1-15(2,3)13(17-14(18)21-16(4,5)6)22(19,20)12-10-8-7-9-11-12/h7-11,13H,1-6H3,(H,17,18). The minimum absolute atomic E-state index is 0.172.